The van der Waals surface area contributed by atoms with Crippen molar-refractivity contribution in [3.63, 3.8) is 0 Å². The second-order valence-electron chi connectivity index (χ2n) is 4.50. The number of aromatic nitrogens is 2. The summed E-state index contributed by atoms with van der Waals surface area (Å²) in [7, 11) is 0. The van der Waals surface area contributed by atoms with Crippen molar-refractivity contribution in [1.82, 2.24) is 9.97 Å². The Bertz CT molecular complexity index is 550. The molecule has 2 heterocycles. The summed E-state index contributed by atoms with van der Waals surface area (Å²) in [6.45, 7) is 5.53. The lowest BCUT2D eigenvalue weighted by molar-refractivity contribution is 0.122. The van der Waals surface area contributed by atoms with Crippen LogP contribution in [0.3, 0.4) is 0 Å². The predicted octanol–water partition coefficient (Wildman–Crippen LogP) is 2.03. The lowest BCUT2D eigenvalue weighted by atomic mass is 10.1. The fourth-order valence-electron chi connectivity index (χ4n) is 2.34. The molecular formula is C14H17N3O. The van der Waals surface area contributed by atoms with E-state index < -0.39 is 0 Å². The SMILES string of the molecule is CCc1ccc2ncnc(N3CCOCC3)c2c1. The summed E-state index contributed by atoms with van der Waals surface area (Å²) in [5.41, 5.74) is 2.34. The molecule has 1 aliphatic rings. The summed E-state index contributed by atoms with van der Waals surface area (Å²) >= 11 is 0. The predicted molar refractivity (Wildman–Crippen MR) is 71.9 cm³/mol. The first-order chi connectivity index (χ1) is 8.88. The Morgan fingerprint density at radius 3 is 2.83 bits per heavy atom. The molecule has 1 saturated heterocycles. The average molecular weight is 243 g/mol. The first-order valence-electron chi connectivity index (χ1n) is 6.45. The van der Waals surface area contributed by atoms with Gasteiger partial charge >= 0.3 is 0 Å². The molecule has 0 saturated carbocycles. The first kappa shape index (κ1) is 11.4. The normalized spacial score (nSPS) is 16.2. The van der Waals surface area contributed by atoms with Crippen molar-refractivity contribution in [2.45, 2.75) is 13.3 Å². The standard InChI is InChI=1S/C14H17N3O/c1-2-11-3-4-13-12(9-11)14(16-10-15-13)17-5-7-18-8-6-17/h3-4,9-10H,2,5-8H2,1H3. The van der Waals surface area contributed by atoms with E-state index in [-0.39, 0.29) is 0 Å². The zero-order chi connectivity index (χ0) is 12.4. The molecule has 1 fully saturated rings. The van der Waals surface area contributed by atoms with Gasteiger partial charge in [0.25, 0.3) is 0 Å². The van der Waals surface area contributed by atoms with Crippen LogP contribution in [-0.4, -0.2) is 36.3 Å². The Morgan fingerprint density at radius 1 is 1.22 bits per heavy atom. The summed E-state index contributed by atoms with van der Waals surface area (Å²) in [5, 5.41) is 1.15. The highest BCUT2D eigenvalue weighted by atomic mass is 16.5. The molecule has 0 spiro atoms. The highest BCUT2D eigenvalue weighted by Gasteiger charge is 2.15. The van der Waals surface area contributed by atoms with Crippen LogP contribution in [0.1, 0.15) is 12.5 Å². The van der Waals surface area contributed by atoms with Gasteiger partial charge in [0.1, 0.15) is 12.1 Å². The van der Waals surface area contributed by atoms with Gasteiger partial charge < -0.3 is 9.64 Å². The molecule has 4 nitrogen and oxygen atoms in total. The van der Waals surface area contributed by atoms with Crippen molar-refractivity contribution >= 4 is 16.7 Å². The van der Waals surface area contributed by atoms with E-state index in [9.17, 15) is 0 Å². The van der Waals surface area contributed by atoms with E-state index in [1.54, 1.807) is 6.33 Å². The number of hydrogen-bond donors (Lipinski definition) is 0. The molecule has 0 atom stereocenters. The molecule has 1 aliphatic heterocycles. The van der Waals surface area contributed by atoms with Crippen LogP contribution >= 0.6 is 0 Å². The number of fused-ring (bicyclic) bond motifs is 1. The second kappa shape index (κ2) is 4.90. The van der Waals surface area contributed by atoms with Crippen LogP contribution in [0.2, 0.25) is 0 Å². The zero-order valence-corrected chi connectivity index (χ0v) is 10.6. The number of rotatable bonds is 2. The third-order valence-electron chi connectivity index (χ3n) is 3.40. The van der Waals surface area contributed by atoms with Crippen LogP contribution < -0.4 is 4.90 Å². The highest BCUT2D eigenvalue weighted by molar-refractivity contribution is 5.89. The van der Waals surface area contributed by atoms with Gasteiger partial charge in [0.05, 0.1) is 18.7 Å². The molecule has 4 heteroatoms. The summed E-state index contributed by atoms with van der Waals surface area (Å²) in [4.78, 5) is 11.1. The minimum Gasteiger partial charge on any atom is -0.378 e. The smallest absolute Gasteiger partial charge is 0.140 e. The largest absolute Gasteiger partial charge is 0.378 e. The third-order valence-corrected chi connectivity index (χ3v) is 3.40. The van der Waals surface area contributed by atoms with Crippen molar-refractivity contribution in [1.29, 1.82) is 0 Å². The monoisotopic (exact) mass is 243 g/mol. The Kier molecular flexibility index (Phi) is 3.11. The first-order valence-corrected chi connectivity index (χ1v) is 6.45. The van der Waals surface area contributed by atoms with E-state index in [4.69, 9.17) is 4.74 Å². The average Bonchev–Trinajstić information content (AvgIpc) is 2.47. The molecular weight excluding hydrogens is 226 g/mol. The van der Waals surface area contributed by atoms with E-state index in [1.807, 2.05) is 0 Å². The van der Waals surface area contributed by atoms with Crippen molar-refractivity contribution in [2.75, 3.05) is 31.2 Å². The summed E-state index contributed by atoms with van der Waals surface area (Å²) in [6, 6.07) is 6.43. The van der Waals surface area contributed by atoms with Gasteiger partial charge in [-0.05, 0) is 24.1 Å². The van der Waals surface area contributed by atoms with Crippen molar-refractivity contribution < 1.29 is 4.74 Å². The number of anilines is 1. The minimum absolute atomic E-state index is 0.777. The van der Waals surface area contributed by atoms with E-state index in [0.717, 1.165) is 49.4 Å². The molecule has 0 radical (unpaired) electrons. The Morgan fingerprint density at radius 2 is 2.06 bits per heavy atom. The lowest BCUT2D eigenvalue weighted by Crippen LogP contribution is -2.36. The Balaban J connectivity index is 2.09. The summed E-state index contributed by atoms with van der Waals surface area (Å²) < 4.78 is 5.39. The van der Waals surface area contributed by atoms with Gasteiger partial charge in [0, 0.05) is 18.5 Å². The van der Waals surface area contributed by atoms with Gasteiger partial charge in [0.2, 0.25) is 0 Å². The van der Waals surface area contributed by atoms with Crippen LogP contribution in [0.25, 0.3) is 10.9 Å². The molecule has 1 aromatic heterocycles. The molecule has 0 bridgehead atoms. The molecule has 0 N–H and O–H groups in total. The van der Waals surface area contributed by atoms with E-state index >= 15 is 0 Å². The van der Waals surface area contributed by atoms with Crippen LogP contribution in [0.15, 0.2) is 24.5 Å². The van der Waals surface area contributed by atoms with E-state index in [1.165, 1.54) is 5.56 Å². The number of ether oxygens (including phenoxy) is 1. The molecule has 0 unspecified atom stereocenters. The number of morpholine rings is 1. The fraction of sp³-hybridized carbons (Fsp3) is 0.429. The topological polar surface area (TPSA) is 38.2 Å². The molecule has 1 aromatic carbocycles. The third kappa shape index (κ3) is 2.04. The molecule has 94 valence electrons. The number of hydrogen-bond acceptors (Lipinski definition) is 4. The molecule has 2 aromatic rings. The van der Waals surface area contributed by atoms with Crippen molar-refractivity contribution in [2.24, 2.45) is 0 Å². The van der Waals surface area contributed by atoms with Crippen molar-refractivity contribution in [3.05, 3.63) is 30.1 Å². The van der Waals surface area contributed by atoms with Gasteiger partial charge in [0.15, 0.2) is 0 Å². The Labute approximate surface area is 107 Å². The van der Waals surface area contributed by atoms with Crippen LogP contribution in [0.4, 0.5) is 5.82 Å². The number of benzene rings is 1. The fourth-order valence-corrected chi connectivity index (χ4v) is 2.34. The van der Waals surface area contributed by atoms with Crippen LogP contribution in [0.5, 0.6) is 0 Å². The minimum atomic E-state index is 0.777. The second-order valence-corrected chi connectivity index (χ2v) is 4.50. The maximum atomic E-state index is 5.39. The van der Waals surface area contributed by atoms with Gasteiger partial charge in [-0.1, -0.05) is 13.0 Å². The van der Waals surface area contributed by atoms with Gasteiger partial charge in [-0.25, -0.2) is 9.97 Å². The van der Waals surface area contributed by atoms with Crippen LogP contribution in [-0.2, 0) is 11.2 Å². The number of nitrogens with zero attached hydrogens (tertiary/aromatic N) is 3. The molecule has 18 heavy (non-hydrogen) atoms. The quantitative estimate of drug-likeness (QED) is 0.809. The maximum Gasteiger partial charge on any atom is 0.140 e. The summed E-state index contributed by atoms with van der Waals surface area (Å²) in [5.74, 6) is 1.04. The molecule has 3 rings (SSSR count). The van der Waals surface area contributed by atoms with E-state index in [2.05, 4.69) is 40.0 Å². The highest BCUT2D eigenvalue weighted by Crippen LogP contribution is 2.24. The van der Waals surface area contributed by atoms with Gasteiger partial charge in [-0.15, -0.1) is 0 Å². The van der Waals surface area contributed by atoms with Crippen LogP contribution in [0, 0.1) is 0 Å². The number of aryl methyl sites for hydroxylation is 1. The lowest BCUT2D eigenvalue weighted by Gasteiger charge is -2.28. The van der Waals surface area contributed by atoms with Crippen molar-refractivity contribution in [3.8, 4) is 0 Å². The van der Waals surface area contributed by atoms with E-state index in [0.29, 0.717) is 0 Å². The molecule has 0 amide bonds. The zero-order valence-electron chi connectivity index (χ0n) is 10.6. The van der Waals surface area contributed by atoms with Gasteiger partial charge in [-0.2, -0.15) is 0 Å². The Hall–Kier alpha value is -1.68. The molecule has 0 aliphatic carbocycles. The summed E-state index contributed by atoms with van der Waals surface area (Å²) in [6.07, 6.45) is 2.69. The van der Waals surface area contributed by atoms with Gasteiger partial charge in [-0.3, -0.25) is 0 Å². The maximum absolute atomic E-state index is 5.39.